The number of nitrogens with two attached hydrogens (primary N) is 1. The first kappa shape index (κ1) is 9.97. The highest BCUT2D eigenvalue weighted by Crippen LogP contribution is 2.43. The number of hydrogen-bond acceptors (Lipinski definition) is 2. The molecule has 1 heterocycles. The molecule has 0 bridgehead atoms. The van der Waals surface area contributed by atoms with E-state index in [1.54, 1.807) is 0 Å². The Bertz CT molecular complexity index is 211. The third kappa shape index (κ3) is 2.08. The standard InChI is InChI=1S/C11H20N2O/c12-10(14)7-9-1-3-11(4-2-9)5-6-13-8-11/h9,13H,1-8H2,(H2,12,14). The SMILES string of the molecule is NC(=O)CC1CCC2(CCNC2)CC1. The largest absolute Gasteiger partial charge is 0.370 e. The van der Waals surface area contributed by atoms with Gasteiger partial charge in [-0.3, -0.25) is 4.79 Å². The second kappa shape index (κ2) is 3.89. The molecule has 1 aliphatic heterocycles. The van der Waals surface area contributed by atoms with E-state index in [1.165, 1.54) is 45.2 Å². The summed E-state index contributed by atoms with van der Waals surface area (Å²) in [5.41, 5.74) is 5.79. The van der Waals surface area contributed by atoms with Crippen molar-refractivity contribution >= 4 is 5.91 Å². The Hall–Kier alpha value is -0.570. The minimum Gasteiger partial charge on any atom is -0.370 e. The van der Waals surface area contributed by atoms with Gasteiger partial charge in [0.1, 0.15) is 0 Å². The fourth-order valence-corrected chi connectivity index (χ4v) is 3.00. The lowest BCUT2D eigenvalue weighted by Gasteiger charge is -2.36. The molecule has 1 saturated heterocycles. The van der Waals surface area contributed by atoms with Gasteiger partial charge in [0, 0.05) is 13.0 Å². The van der Waals surface area contributed by atoms with Crippen LogP contribution in [-0.2, 0) is 4.79 Å². The number of rotatable bonds is 2. The Morgan fingerprint density at radius 3 is 2.57 bits per heavy atom. The van der Waals surface area contributed by atoms with Gasteiger partial charge in [-0.15, -0.1) is 0 Å². The second-order valence-electron chi connectivity index (χ2n) is 5.04. The van der Waals surface area contributed by atoms with E-state index in [0.717, 1.165) is 0 Å². The van der Waals surface area contributed by atoms with Crippen molar-refractivity contribution in [2.24, 2.45) is 17.1 Å². The van der Waals surface area contributed by atoms with E-state index < -0.39 is 0 Å². The summed E-state index contributed by atoms with van der Waals surface area (Å²) < 4.78 is 0. The fraction of sp³-hybridized carbons (Fsp3) is 0.909. The van der Waals surface area contributed by atoms with Crippen LogP contribution in [0.3, 0.4) is 0 Å². The summed E-state index contributed by atoms with van der Waals surface area (Å²) in [6.07, 6.45) is 6.91. The second-order valence-corrected chi connectivity index (χ2v) is 5.04. The van der Waals surface area contributed by atoms with Crippen LogP contribution in [0.25, 0.3) is 0 Å². The van der Waals surface area contributed by atoms with E-state index in [-0.39, 0.29) is 5.91 Å². The van der Waals surface area contributed by atoms with Crippen molar-refractivity contribution in [3.05, 3.63) is 0 Å². The van der Waals surface area contributed by atoms with Crippen molar-refractivity contribution in [3.8, 4) is 0 Å². The molecule has 3 nitrogen and oxygen atoms in total. The lowest BCUT2D eigenvalue weighted by atomic mass is 9.69. The van der Waals surface area contributed by atoms with E-state index in [0.29, 0.717) is 17.8 Å². The fourth-order valence-electron chi connectivity index (χ4n) is 3.00. The Labute approximate surface area is 85.4 Å². The summed E-state index contributed by atoms with van der Waals surface area (Å²) in [5.74, 6) is 0.439. The van der Waals surface area contributed by atoms with Gasteiger partial charge in [0.2, 0.25) is 5.91 Å². The molecule has 2 fully saturated rings. The molecule has 0 aromatic heterocycles. The van der Waals surface area contributed by atoms with Crippen molar-refractivity contribution in [1.29, 1.82) is 0 Å². The predicted octanol–water partition coefficient (Wildman–Crippen LogP) is 1.03. The molecule has 14 heavy (non-hydrogen) atoms. The van der Waals surface area contributed by atoms with Gasteiger partial charge < -0.3 is 11.1 Å². The van der Waals surface area contributed by atoms with Crippen LogP contribution in [0, 0.1) is 11.3 Å². The number of hydrogen-bond donors (Lipinski definition) is 2. The number of carbonyl (C=O) groups excluding carboxylic acids is 1. The molecule has 3 N–H and O–H groups in total. The maximum atomic E-state index is 10.8. The Morgan fingerprint density at radius 1 is 1.36 bits per heavy atom. The van der Waals surface area contributed by atoms with E-state index in [1.807, 2.05) is 0 Å². The van der Waals surface area contributed by atoms with Crippen molar-refractivity contribution in [3.63, 3.8) is 0 Å². The summed E-state index contributed by atoms with van der Waals surface area (Å²) in [7, 11) is 0. The maximum absolute atomic E-state index is 10.8. The van der Waals surface area contributed by atoms with Gasteiger partial charge in [-0.25, -0.2) is 0 Å². The Kier molecular flexibility index (Phi) is 2.77. The minimum atomic E-state index is -0.129. The van der Waals surface area contributed by atoms with Crippen LogP contribution in [0.2, 0.25) is 0 Å². The van der Waals surface area contributed by atoms with Crippen LogP contribution in [0.4, 0.5) is 0 Å². The van der Waals surface area contributed by atoms with E-state index >= 15 is 0 Å². The van der Waals surface area contributed by atoms with Gasteiger partial charge in [-0.1, -0.05) is 0 Å². The van der Waals surface area contributed by atoms with Crippen LogP contribution in [-0.4, -0.2) is 19.0 Å². The molecule has 1 saturated carbocycles. The van der Waals surface area contributed by atoms with Gasteiger partial charge in [-0.2, -0.15) is 0 Å². The van der Waals surface area contributed by atoms with Crippen molar-refractivity contribution in [1.82, 2.24) is 5.32 Å². The molecular formula is C11H20N2O. The lowest BCUT2D eigenvalue weighted by molar-refractivity contribution is -0.119. The van der Waals surface area contributed by atoms with Gasteiger partial charge in [0.05, 0.1) is 0 Å². The first-order valence-electron chi connectivity index (χ1n) is 5.69. The van der Waals surface area contributed by atoms with E-state index in [9.17, 15) is 4.79 Å². The van der Waals surface area contributed by atoms with Crippen LogP contribution < -0.4 is 11.1 Å². The molecule has 80 valence electrons. The lowest BCUT2D eigenvalue weighted by Crippen LogP contribution is -2.31. The summed E-state index contributed by atoms with van der Waals surface area (Å²) in [6.45, 7) is 2.37. The summed E-state index contributed by atoms with van der Waals surface area (Å²) in [4.78, 5) is 10.8. The molecule has 1 amide bonds. The van der Waals surface area contributed by atoms with Crippen molar-refractivity contribution < 1.29 is 4.79 Å². The molecule has 3 heteroatoms. The first-order valence-corrected chi connectivity index (χ1v) is 5.69. The minimum absolute atomic E-state index is 0.129. The monoisotopic (exact) mass is 196 g/mol. The zero-order valence-electron chi connectivity index (χ0n) is 8.72. The molecule has 0 aromatic rings. The van der Waals surface area contributed by atoms with Gasteiger partial charge >= 0.3 is 0 Å². The molecule has 0 radical (unpaired) electrons. The van der Waals surface area contributed by atoms with Crippen LogP contribution in [0.5, 0.6) is 0 Å². The number of carbonyl (C=O) groups is 1. The van der Waals surface area contributed by atoms with Crippen LogP contribution >= 0.6 is 0 Å². The van der Waals surface area contributed by atoms with Crippen LogP contribution in [0.1, 0.15) is 38.5 Å². The smallest absolute Gasteiger partial charge is 0.217 e. The van der Waals surface area contributed by atoms with E-state index in [2.05, 4.69) is 5.32 Å². The molecular weight excluding hydrogens is 176 g/mol. The van der Waals surface area contributed by atoms with Crippen molar-refractivity contribution in [2.45, 2.75) is 38.5 Å². The number of nitrogens with one attached hydrogen (secondary N) is 1. The third-order valence-corrected chi connectivity index (χ3v) is 3.99. The highest BCUT2D eigenvalue weighted by atomic mass is 16.1. The highest BCUT2D eigenvalue weighted by molar-refractivity contribution is 5.73. The number of primary amides is 1. The third-order valence-electron chi connectivity index (χ3n) is 3.99. The molecule has 0 atom stereocenters. The predicted molar refractivity (Wildman–Crippen MR) is 55.7 cm³/mol. The van der Waals surface area contributed by atoms with Gasteiger partial charge in [0.25, 0.3) is 0 Å². The normalized spacial score (nSPS) is 37.6. The highest BCUT2D eigenvalue weighted by Gasteiger charge is 2.37. The zero-order valence-corrected chi connectivity index (χ0v) is 8.72. The molecule has 1 aliphatic carbocycles. The topological polar surface area (TPSA) is 55.1 Å². The Balaban J connectivity index is 1.82. The molecule has 2 rings (SSSR count). The quantitative estimate of drug-likeness (QED) is 0.693. The summed E-state index contributed by atoms with van der Waals surface area (Å²) in [5, 5.41) is 3.45. The number of amides is 1. The molecule has 0 aromatic carbocycles. The molecule has 1 spiro atoms. The average Bonchev–Trinajstić information content (AvgIpc) is 2.58. The van der Waals surface area contributed by atoms with Crippen LogP contribution in [0.15, 0.2) is 0 Å². The Morgan fingerprint density at radius 2 is 2.07 bits per heavy atom. The summed E-state index contributed by atoms with van der Waals surface area (Å²) in [6, 6.07) is 0. The molecule has 0 unspecified atom stereocenters. The van der Waals surface area contributed by atoms with Gasteiger partial charge in [-0.05, 0) is 50.0 Å². The van der Waals surface area contributed by atoms with Crippen molar-refractivity contribution in [2.75, 3.05) is 13.1 Å². The summed E-state index contributed by atoms with van der Waals surface area (Å²) >= 11 is 0. The van der Waals surface area contributed by atoms with E-state index in [4.69, 9.17) is 5.73 Å². The first-order chi connectivity index (χ1) is 6.70. The average molecular weight is 196 g/mol. The van der Waals surface area contributed by atoms with Gasteiger partial charge in [0.15, 0.2) is 0 Å². The maximum Gasteiger partial charge on any atom is 0.217 e. The molecule has 2 aliphatic rings. The zero-order chi connectivity index (χ0) is 10.0.